The summed E-state index contributed by atoms with van der Waals surface area (Å²) in [6.45, 7) is 4.78. The van der Waals surface area contributed by atoms with Crippen molar-refractivity contribution < 1.29 is 9.90 Å². The largest absolute Gasteiger partial charge is 0.375 e. The van der Waals surface area contributed by atoms with Crippen LogP contribution in [-0.2, 0) is 16.9 Å². The van der Waals surface area contributed by atoms with E-state index in [0.29, 0.717) is 0 Å². The summed E-state index contributed by atoms with van der Waals surface area (Å²) in [7, 11) is 0. The van der Waals surface area contributed by atoms with Crippen LogP contribution in [0.4, 0.5) is 0 Å². The molecule has 1 aliphatic carbocycles. The number of nitrogens with zero attached hydrogens (tertiary/aromatic N) is 2. The normalized spacial score (nSPS) is 20.7. The first-order valence-corrected chi connectivity index (χ1v) is 11.3. The minimum Gasteiger partial charge on any atom is -0.375 e. The molecule has 1 aromatic carbocycles. The first kappa shape index (κ1) is 21.0. The molecule has 1 saturated heterocycles. The summed E-state index contributed by atoms with van der Waals surface area (Å²) in [5, 5.41) is 14.8. The summed E-state index contributed by atoms with van der Waals surface area (Å²) in [5.41, 5.74) is 1.61. The molecule has 1 atom stereocenters. The van der Waals surface area contributed by atoms with Gasteiger partial charge in [-0.1, -0.05) is 43.2 Å². The van der Waals surface area contributed by atoms with E-state index in [1.165, 1.54) is 5.56 Å². The van der Waals surface area contributed by atoms with Gasteiger partial charge in [0.25, 0.3) is 5.91 Å². The number of carbonyl (C=O) groups excluding carboxylic acids is 1. The van der Waals surface area contributed by atoms with Gasteiger partial charge in [-0.05, 0) is 55.9 Å². The lowest BCUT2D eigenvalue weighted by Gasteiger charge is -2.37. The molecule has 0 radical (unpaired) electrons. The third-order valence-electron chi connectivity index (χ3n) is 6.79. The SMILES string of the molecule is Cc1ccnc(CN2CCC(NC(=O)C(O)(c3ccccc3)C3CCCC3)CC2)c1. The number of nitrogens with one attached hydrogen (secondary N) is 1. The van der Waals surface area contributed by atoms with Crippen molar-refractivity contribution in [1.29, 1.82) is 0 Å². The molecule has 1 saturated carbocycles. The van der Waals surface area contributed by atoms with E-state index in [9.17, 15) is 9.90 Å². The van der Waals surface area contributed by atoms with Gasteiger partial charge in [0.15, 0.2) is 5.60 Å². The number of benzene rings is 1. The van der Waals surface area contributed by atoms with Crippen LogP contribution >= 0.6 is 0 Å². The van der Waals surface area contributed by atoms with Crippen LogP contribution in [0.5, 0.6) is 0 Å². The van der Waals surface area contributed by atoms with Crippen LogP contribution in [-0.4, -0.2) is 40.0 Å². The molecule has 160 valence electrons. The summed E-state index contributed by atoms with van der Waals surface area (Å²) in [6, 6.07) is 13.8. The van der Waals surface area contributed by atoms with Crippen LogP contribution in [0.15, 0.2) is 48.7 Å². The Bertz CT molecular complexity index is 842. The van der Waals surface area contributed by atoms with E-state index in [2.05, 4.69) is 28.2 Å². The van der Waals surface area contributed by atoms with Crippen LogP contribution in [0.1, 0.15) is 55.3 Å². The smallest absolute Gasteiger partial charge is 0.257 e. The Hall–Kier alpha value is -2.24. The van der Waals surface area contributed by atoms with E-state index in [0.717, 1.165) is 69.4 Å². The number of aryl methyl sites for hydroxylation is 1. The maximum atomic E-state index is 13.3. The van der Waals surface area contributed by atoms with Crippen molar-refractivity contribution in [2.75, 3.05) is 13.1 Å². The van der Waals surface area contributed by atoms with Gasteiger partial charge in [0.05, 0.1) is 5.69 Å². The number of likely N-dealkylation sites (tertiary alicyclic amines) is 1. The Morgan fingerprint density at radius 1 is 1.13 bits per heavy atom. The average Bonchev–Trinajstić information content (AvgIpc) is 3.31. The van der Waals surface area contributed by atoms with Crippen molar-refractivity contribution in [2.45, 2.75) is 63.6 Å². The van der Waals surface area contributed by atoms with Crippen LogP contribution in [0.25, 0.3) is 0 Å². The lowest BCUT2D eigenvalue weighted by Crippen LogP contribution is -2.54. The zero-order valence-corrected chi connectivity index (χ0v) is 17.9. The maximum absolute atomic E-state index is 13.3. The minimum atomic E-state index is -1.43. The van der Waals surface area contributed by atoms with Gasteiger partial charge in [-0.2, -0.15) is 0 Å². The van der Waals surface area contributed by atoms with Gasteiger partial charge in [-0.3, -0.25) is 14.7 Å². The highest BCUT2D eigenvalue weighted by Gasteiger charge is 2.46. The summed E-state index contributed by atoms with van der Waals surface area (Å²) < 4.78 is 0. The number of hydrogen-bond acceptors (Lipinski definition) is 4. The molecular weight excluding hydrogens is 374 g/mol. The second-order valence-corrected chi connectivity index (χ2v) is 8.96. The van der Waals surface area contributed by atoms with Crippen molar-refractivity contribution in [2.24, 2.45) is 5.92 Å². The fourth-order valence-corrected chi connectivity index (χ4v) is 5.03. The first-order valence-electron chi connectivity index (χ1n) is 11.3. The summed E-state index contributed by atoms with van der Waals surface area (Å²) >= 11 is 0. The van der Waals surface area contributed by atoms with Gasteiger partial charge in [0.1, 0.15) is 0 Å². The number of aliphatic hydroxyl groups is 1. The molecule has 0 spiro atoms. The second kappa shape index (κ2) is 9.27. The first-order chi connectivity index (χ1) is 14.6. The highest BCUT2D eigenvalue weighted by Crippen LogP contribution is 2.41. The fraction of sp³-hybridized carbons (Fsp3) is 0.520. The molecule has 4 rings (SSSR count). The summed E-state index contributed by atoms with van der Waals surface area (Å²) in [4.78, 5) is 20.2. The van der Waals surface area contributed by atoms with Crippen LogP contribution in [0.3, 0.4) is 0 Å². The molecule has 2 fully saturated rings. The topological polar surface area (TPSA) is 65.5 Å². The number of pyridine rings is 1. The quantitative estimate of drug-likeness (QED) is 0.769. The molecule has 1 unspecified atom stereocenters. The number of piperidine rings is 1. The number of amides is 1. The molecule has 30 heavy (non-hydrogen) atoms. The Morgan fingerprint density at radius 2 is 1.83 bits per heavy atom. The number of hydrogen-bond donors (Lipinski definition) is 2. The van der Waals surface area contributed by atoms with Crippen molar-refractivity contribution >= 4 is 5.91 Å². The Morgan fingerprint density at radius 3 is 2.50 bits per heavy atom. The monoisotopic (exact) mass is 407 g/mol. The van der Waals surface area contributed by atoms with Crippen LogP contribution in [0, 0.1) is 12.8 Å². The Balaban J connectivity index is 1.38. The van der Waals surface area contributed by atoms with E-state index in [-0.39, 0.29) is 17.9 Å². The molecule has 0 bridgehead atoms. The molecule has 1 aromatic heterocycles. The van der Waals surface area contributed by atoms with Crippen molar-refractivity contribution in [3.05, 3.63) is 65.5 Å². The van der Waals surface area contributed by atoms with Gasteiger partial charge in [0.2, 0.25) is 0 Å². The summed E-state index contributed by atoms with van der Waals surface area (Å²) in [6.07, 6.45) is 7.63. The predicted molar refractivity (Wildman–Crippen MR) is 118 cm³/mol. The molecule has 1 aliphatic heterocycles. The van der Waals surface area contributed by atoms with E-state index in [4.69, 9.17) is 0 Å². The standard InChI is InChI=1S/C25H33N3O2/c1-19-11-14-26-23(17-19)18-28-15-12-22(13-16-28)27-24(29)25(30,21-9-5-6-10-21)20-7-3-2-4-8-20/h2-4,7-8,11,14,17,21-22,30H,5-6,9-10,12-13,15-16,18H2,1H3,(H,27,29). The number of aromatic nitrogens is 1. The third kappa shape index (κ3) is 4.57. The minimum absolute atomic E-state index is 0.00705. The van der Waals surface area contributed by atoms with Gasteiger partial charge < -0.3 is 10.4 Å². The predicted octanol–water partition coefficient (Wildman–Crippen LogP) is 3.55. The highest BCUT2D eigenvalue weighted by molar-refractivity contribution is 5.87. The van der Waals surface area contributed by atoms with Gasteiger partial charge in [-0.25, -0.2) is 0 Å². The highest BCUT2D eigenvalue weighted by atomic mass is 16.3. The third-order valence-corrected chi connectivity index (χ3v) is 6.79. The van der Waals surface area contributed by atoms with Crippen molar-refractivity contribution in [3.63, 3.8) is 0 Å². The average molecular weight is 408 g/mol. The van der Waals surface area contributed by atoms with Crippen LogP contribution in [0.2, 0.25) is 0 Å². The zero-order chi connectivity index (χ0) is 21.0. The van der Waals surface area contributed by atoms with Crippen LogP contribution < -0.4 is 5.32 Å². The van der Waals surface area contributed by atoms with E-state index in [1.54, 1.807) is 0 Å². The lowest BCUT2D eigenvalue weighted by molar-refractivity contribution is -0.148. The molecule has 2 aromatic rings. The Labute approximate surface area is 179 Å². The molecule has 2 N–H and O–H groups in total. The number of carbonyl (C=O) groups is 1. The molecule has 5 heteroatoms. The van der Waals surface area contributed by atoms with Gasteiger partial charge in [0, 0.05) is 37.8 Å². The number of rotatable bonds is 6. The molecule has 5 nitrogen and oxygen atoms in total. The van der Waals surface area contributed by atoms with Crippen molar-refractivity contribution in [3.8, 4) is 0 Å². The Kier molecular flexibility index (Phi) is 6.49. The molecule has 1 amide bonds. The van der Waals surface area contributed by atoms with Crippen molar-refractivity contribution in [1.82, 2.24) is 15.2 Å². The zero-order valence-electron chi connectivity index (χ0n) is 17.9. The molecule has 2 heterocycles. The molecular formula is C25H33N3O2. The molecule has 2 aliphatic rings. The summed E-state index contributed by atoms with van der Waals surface area (Å²) in [5.74, 6) is -0.230. The van der Waals surface area contributed by atoms with E-state index in [1.807, 2.05) is 42.6 Å². The van der Waals surface area contributed by atoms with Gasteiger partial charge in [-0.15, -0.1) is 0 Å². The van der Waals surface area contributed by atoms with Gasteiger partial charge >= 0.3 is 0 Å². The lowest BCUT2D eigenvalue weighted by atomic mass is 9.79. The second-order valence-electron chi connectivity index (χ2n) is 8.96. The van der Waals surface area contributed by atoms with E-state index >= 15 is 0 Å². The maximum Gasteiger partial charge on any atom is 0.257 e. The fourth-order valence-electron chi connectivity index (χ4n) is 5.03. The van der Waals surface area contributed by atoms with E-state index < -0.39 is 5.60 Å².